The van der Waals surface area contributed by atoms with Crippen molar-refractivity contribution in [3.8, 4) is 5.75 Å². The molecule has 0 spiro atoms. The molecule has 9 heteroatoms. The van der Waals surface area contributed by atoms with Crippen LogP contribution in [0.3, 0.4) is 0 Å². The molecule has 218 valence electrons. The molecule has 0 N–H and O–H groups in total. The topological polar surface area (TPSA) is 84.3 Å². The van der Waals surface area contributed by atoms with E-state index in [1.807, 2.05) is 64.1 Å². The third-order valence-corrected chi connectivity index (χ3v) is 6.80. The highest BCUT2D eigenvalue weighted by atomic mass is 16.6. The van der Waals surface area contributed by atoms with Crippen LogP contribution in [-0.2, 0) is 4.74 Å². The van der Waals surface area contributed by atoms with Gasteiger partial charge in [0.05, 0.1) is 12.6 Å². The van der Waals surface area contributed by atoms with E-state index >= 15 is 0 Å². The minimum absolute atomic E-state index is 0.0426. The molecule has 0 aliphatic carbocycles. The molecular weight excluding hydrogens is 520 g/mol. The molecule has 2 amide bonds. The Kier molecular flexibility index (Phi) is 9.37. The predicted molar refractivity (Wildman–Crippen MR) is 159 cm³/mol. The fourth-order valence-corrected chi connectivity index (χ4v) is 4.72. The third kappa shape index (κ3) is 7.09. The largest absolute Gasteiger partial charge is 0.487 e. The zero-order valence-electron chi connectivity index (χ0n) is 24.6. The summed E-state index contributed by atoms with van der Waals surface area (Å²) in [5.41, 5.74) is 1.25. The van der Waals surface area contributed by atoms with Gasteiger partial charge < -0.3 is 19.3 Å². The number of fused-ring (bicyclic) bond motifs is 1. The summed E-state index contributed by atoms with van der Waals surface area (Å²) in [4.78, 5) is 42.8. The summed E-state index contributed by atoms with van der Waals surface area (Å²) >= 11 is 0. The van der Waals surface area contributed by atoms with Crippen molar-refractivity contribution in [1.29, 1.82) is 0 Å². The average molecular weight is 561 g/mol. The van der Waals surface area contributed by atoms with Gasteiger partial charge in [-0.3, -0.25) is 19.3 Å². The fraction of sp³-hybridized carbons (Fsp3) is 0.406. The highest BCUT2D eigenvalue weighted by molar-refractivity contribution is 5.96. The lowest BCUT2D eigenvalue weighted by Gasteiger charge is -2.44. The molecule has 3 aromatic rings. The molecule has 0 fully saturated rings. The third-order valence-electron chi connectivity index (χ3n) is 6.80. The standard InChI is InChI=1S/C32H40N4O5/c1-6-7-22-40-29-26(37)18-19-35-28(29)30(38)34(21-20-33(5)31(39)41-32(2,3)4)23-36(35)27(24-14-10-8-11-15-24)25-16-12-9-13-17-25/h8-19,27H,6-7,20-23H2,1-5H3. The maximum Gasteiger partial charge on any atom is 0.410 e. The van der Waals surface area contributed by atoms with Crippen LogP contribution < -0.4 is 15.2 Å². The Balaban J connectivity index is 1.77. The lowest BCUT2D eigenvalue weighted by Crippen LogP contribution is -2.57. The maximum atomic E-state index is 14.0. The highest BCUT2D eigenvalue weighted by Gasteiger charge is 2.37. The molecule has 0 unspecified atom stereocenters. The Hall–Kier alpha value is -4.27. The number of aromatic nitrogens is 1. The summed E-state index contributed by atoms with van der Waals surface area (Å²) in [6, 6.07) is 21.3. The molecule has 1 aromatic heterocycles. The van der Waals surface area contributed by atoms with Crippen molar-refractivity contribution < 1.29 is 19.1 Å². The number of nitrogens with zero attached hydrogens (tertiary/aromatic N) is 4. The van der Waals surface area contributed by atoms with Crippen LogP contribution in [0.25, 0.3) is 0 Å². The van der Waals surface area contributed by atoms with Gasteiger partial charge in [-0.25, -0.2) is 4.79 Å². The van der Waals surface area contributed by atoms with Gasteiger partial charge in [-0.15, -0.1) is 0 Å². The predicted octanol–water partition coefficient (Wildman–Crippen LogP) is 5.04. The quantitative estimate of drug-likeness (QED) is 0.323. The van der Waals surface area contributed by atoms with Gasteiger partial charge in [-0.05, 0) is 38.3 Å². The molecule has 0 radical (unpaired) electrons. The second kappa shape index (κ2) is 12.9. The average Bonchev–Trinajstić information content (AvgIpc) is 2.95. The minimum Gasteiger partial charge on any atom is -0.487 e. The summed E-state index contributed by atoms with van der Waals surface area (Å²) in [5.74, 6) is -0.288. The SMILES string of the molecule is CCCCOc1c2n(ccc1=O)N(C(c1ccccc1)c1ccccc1)CN(CCN(C)C(=O)OC(C)(C)C)C2=O. The van der Waals surface area contributed by atoms with E-state index in [2.05, 4.69) is 29.3 Å². The molecular formula is C32H40N4O5. The highest BCUT2D eigenvalue weighted by Crippen LogP contribution is 2.32. The van der Waals surface area contributed by atoms with Crippen LogP contribution in [0.1, 0.15) is 68.2 Å². The first-order valence-corrected chi connectivity index (χ1v) is 14.1. The number of carbonyl (C=O) groups excluding carboxylic acids is 2. The second-order valence-corrected chi connectivity index (χ2v) is 11.2. The Labute approximate surface area is 241 Å². The minimum atomic E-state index is -0.632. The molecule has 9 nitrogen and oxygen atoms in total. The van der Waals surface area contributed by atoms with Gasteiger partial charge in [0.2, 0.25) is 5.43 Å². The smallest absolute Gasteiger partial charge is 0.410 e. The van der Waals surface area contributed by atoms with Crippen molar-refractivity contribution >= 4 is 12.0 Å². The molecule has 2 heterocycles. The van der Waals surface area contributed by atoms with E-state index < -0.39 is 11.7 Å². The number of hydrogen-bond donors (Lipinski definition) is 0. The van der Waals surface area contributed by atoms with Gasteiger partial charge >= 0.3 is 6.09 Å². The Morgan fingerprint density at radius 1 is 0.976 bits per heavy atom. The maximum absolute atomic E-state index is 14.0. The number of pyridine rings is 1. The fourth-order valence-electron chi connectivity index (χ4n) is 4.72. The molecule has 0 bridgehead atoms. The van der Waals surface area contributed by atoms with E-state index in [1.54, 1.807) is 22.8 Å². The zero-order chi connectivity index (χ0) is 29.6. The van der Waals surface area contributed by atoms with Crippen LogP contribution in [0.4, 0.5) is 4.79 Å². The Morgan fingerprint density at radius 2 is 1.59 bits per heavy atom. The number of likely N-dealkylation sites (N-methyl/N-ethyl adjacent to an activating group) is 1. The van der Waals surface area contributed by atoms with Crippen LogP contribution in [0.5, 0.6) is 5.75 Å². The molecule has 4 rings (SSSR count). The number of carbonyl (C=O) groups is 2. The Bertz CT molecular complexity index is 1350. The van der Waals surface area contributed by atoms with Crippen molar-refractivity contribution in [1.82, 2.24) is 14.5 Å². The van der Waals surface area contributed by atoms with E-state index in [-0.39, 0.29) is 48.6 Å². The molecule has 1 aliphatic rings. The van der Waals surface area contributed by atoms with Crippen LogP contribution in [0.15, 0.2) is 77.7 Å². The van der Waals surface area contributed by atoms with Gasteiger partial charge in [-0.1, -0.05) is 74.0 Å². The molecule has 41 heavy (non-hydrogen) atoms. The van der Waals surface area contributed by atoms with Crippen molar-refractivity contribution in [2.24, 2.45) is 0 Å². The second-order valence-electron chi connectivity index (χ2n) is 11.2. The number of rotatable bonds is 10. The lowest BCUT2D eigenvalue weighted by atomic mass is 9.98. The first-order chi connectivity index (χ1) is 19.6. The number of ether oxygens (including phenoxy) is 2. The molecule has 1 aliphatic heterocycles. The van der Waals surface area contributed by atoms with Gasteiger partial charge in [-0.2, -0.15) is 0 Å². The summed E-state index contributed by atoms with van der Waals surface area (Å²) in [6.07, 6.45) is 2.83. The van der Waals surface area contributed by atoms with E-state index in [0.717, 1.165) is 24.0 Å². The monoisotopic (exact) mass is 560 g/mol. The van der Waals surface area contributed by atoms with E-state index in [1.165, 1.54) is 11.0 Å². The molecule has 0 saturated heterocycles. The summed E-state index contributed by atoms with van der Waals surface area (Å²) in [5, 5.41) is 2.06. The zero-order valence-corrected chi connectivity index (χ0v) is 24.6. The molecule has 0 atom stereocenters. The van der Waals surface area contributed by atoms with Gasteiger partial charge in [0.1, 0.15) is 12.3 Å². The van der Waals surface area contributed by atoms with Gasteiger partial charge in [0, 0.05) is 32.4 Å². The van der Waals surface area contributed by atoms with Crippen molar-refractivity contribution in [2.75, 3.05) is 38.4 Å². The molecule has 2 aromatic carbocycles. The van der Waals surface area contributed by atoms with E-state index in [9.17, 15) is 14.4 Å². The summed E-state index contributed by atoms with van der Waals surface area (Å²) < 4.78 is 13.2. The summed E-state index contributed by atoms with van der Waals surface area (Å²) in [6.45, 7) is 8.51. The van der Waals surface area contributed by atoms with E-state index in [0.29, 0.717) is 6.61 Å². The van der Waals surface area contributed by atoms with Gasteiger partial charge in [0.25, 0.3) is 5.91 Å². The lowest BCUT2D eigenvalue weighted by molar-refractivity contribution is 0.0271. The van der Waals surface area contributed by atoms with Gasteiger partial charge in [0.15, 0.2) is 11.4 Å². The Morgan fingerprint density at radius 3 is 2.15 bits per heavy atom. The van der Waals surface area contributed by atoms with Crippen LogP contribution in [0.2, 0.25) is 0 Å². The van der Waals surface area contributed by atoms with Crippen LogP contribution in [0, 0.1) is 0 Å². The van der Waals surface area contributed by atoms with E-state index in [4.69, 9.17) is 9.47 Å². The molecule has 0 saturated carbocycles. The number of hydrogen-bond acceptors (Lipinski definition) is 6. The van der Waals surface area contributed by atoms with Crippen molar-refractivity contribution in [3.63, 3.8) is 0 Å². The van der Waals surface area contributed by atoms with Crippen LogP contribution in [-0.4, -0.2) is 65.5 Å². The number of amides is 2. The van der Waals surface area contributed by atoms with Crippen molar-refractivity contribution in [3.05, 3.63) is 100.0 Å². The summed E-state index contributed by atoms with van der Waals surface area (Å²) in [7, 11) is 1.65. The first-order valence-electron chi connectivity index (χ1n) is 14.1. The normalized spacial score (nSPS) is 13.3. The first kappa shape index (κ1) is 29.7. The van der Waals surface area contributed by atoms with Crippen LogP contribution >= 0.6 is 0 Å². The number of benzene rings is 2. The van der Waals surface area contributed by atoms with Crippen molar-refractivity contribution in [2.45, 2.75) is 52.2 Å². The number of unbranched alkanes of at least 4 members (excludes halogenated alkanes) is 1.